The Hall–Kier alpha value is -0.900. The molecule has 0 aromatic carbocycles. The van der Waals surface area contributed by atoms with E-state index in [1.165, 1.54) is 25.7 Å². The fraction of sp³-hybridized carbons (Fsp3) is 0.857. The van der Waals surface area contributed by atoms with Gasteiger partial charge in [0, 0.05) is 5.92 Å². The smallest absolute Gasteiger partial charge is 0.243 e. The number of rotatable bonds is 6. The average Bonchev–Trinajstić information content (AvgIpc) is 3.03. The molecular weight excluding hydrogens is 226 g/mol. The predicted octanol–water partition coefficient (Wildman–Crippen LogP) is 3.55. The summed E-state index contributed by atoms with van der Waals surface area (Å²) in [4.78, 5) is 4.51. The van der Waals surface area contributed by atoms with Gasteiger partial charge >= 0.3 is 0 Å². The van der Waals surface area contributed by atoms with Crippen LogP contribution in [0.5, 0.6) is 0 Å². The molecule has 4 heteroatoms. The maximum absolute atomic E-state index is 6.05. The molecule has 1 aliphatic rings. The summed E-state index contributed by atoms with van der Waals surface area (Å²) in [6.45, 7) is 4.42. The number of aromatic nitrogens is 2. The molecule has 2 N–H and O–H groups in total. The number of hydrogen-bond donors (Lipinski definition) is 1. The van der Waals surface area contributed by atoms with Gasteiger partial charge < -0.3 is 10.3 Å². The van der Waals surface area contributed by atoms with Crippen LogP contribution in [0.4, 0.5) is 0 Å². The monoisotopic (exact) mass is 251 g/mol. The van der Waals surface area contributed by atoms with Crippen LogP contribution in [0.1, 0.15) is 82.5 Å². The number of unbranched alkanes of at least 4 members (excludes halogenated alkanes) is 1. The van der Waals surface area contributed by atoms with Gasteiger partial charge in [0.25, 0.3) is 0 Å². The van der Waals surface area contributed by atoms with Crippen LogP contribution in [0, 0.1) is 5.92 Å². The van der Waals surface area contributed by atoms with E-state index < -0.39 is 0 Å². The Morgan fingerprint density at radius 1 is 1.39 bits per heavy atom. The van der Waals surface area contributed by atoms with Crippen LogP contribution in [0.2, 0.25) is 0 Å². The second kappa shape index (κ2) is 6.32. The number of nitrogens with zero attached hydrogens (tertiary/aromatic N) is 2. The lowest BCUT2D eigenvalue weighted by molar-refractivity contribution is 0.340. The Labute approximate surface area is 109 Å². The molecule has 1 aliphatic carbocycles. The zero-order valence-corrected chi connectivity index (χ0v) is 11.6. The lowest BCUT2D eigenvalue weighted by Crippen LogP contribution is -2.10. The third-order valence-electron chi connectivity index (χ3n) is 4.13. The Morgan fingerprint density at radius 3 is 2.89 bits per heavy atom. The summed E-state index contributed by atoms with van der Waals surface area (Å²) in [6.07, 6.45) is 8.15. The zero-order chi connectivity index (χ0) is 13.0. The van der Waals surface area contributed by atoms with Crippen LogP contribution in [0.15, 0.2) is 4.52 Å². The van der Waals surface area contributed by atoms with Crippen molar-refractivity contribution >= 4 is 0 Å². The summed E-state index contributed by atoms with van der Waals surface area (Å²) in [6, 6.07) is -0.0884. The van der Waals surface area contributed by atoms with Gasteiger partial charge in [0.15, 0.2) is 5.82 Å². The highest BCUT2D eigenvalue weighted by molar-refractivity contribution is 5.01. The second-order valence-electron chi connectivity index (χ2n) is 5.52. The molecule has 0 spiro atoms. The van der Waals surface area contributed by atoms with Gasteiger partial charge in [-0.1, -0.05) is 38.3 Å². The van der Waals surface area contributed by atoms with Crippen molar-refractivity contribution < 1.29 is 4.52 Å². The van der Waals surface area contributed by atoms with Crippen LogP contribution in [0.3, 0.4) is 0 Å². The molecule has 4 nitrogen and oxygen atoms in total. The average molecular weight is 251 g/mol. The van der Waals surface area contributed by atoms with Crippen LogP contribution in [-0.2, 0) is 0 Å². The Balaban J connectivity index is 1.93. The molecule has 0 saturated heterocycles. The second-order valence-corrected chi connectivity index (χ2v) is 5.52. The first-order valence-electron chi connectivity index (χ1n) is 7.33. The van der Waals surface area contributed by atoms with Crippen LogP contribution in [-0.4, -0.2) is 10.1 Å². The van der Waals surface area contributed by atoms with Crippen molar-refractivity contribution in [2.24, 2.45) is 11.7 Å². The first-order chi connectivity index (χ1) is 8.74. The maximum Gasteiger partial charge on any atom is 0.243 e. The predicted molar refractivity (Wildman–Crippen MR) is 71.1 cm³/mol. The highest BCUT2D eigenvalue weighted by atomic mass is 16.5. The summed E-state index contributed by atoms with van der Waals surface area (Å²) in [5.41, 5.74) is 6.05. The molecule has 1 aromatic heterocycles. The van der Waals surface area contributed by atoms with Crippen LogP contribution >= 0.6 is 0 Å². The van der Waals surface area contributed by atoms with Crippen molar-refractivity contribution in [3.8, 4) is 0 Å². The molecule has 0 amide bonds. The molecule has 2 rings (SSSR count). The van der Waals surface area contributed by atoms with Crippen molar-refractivity contribution in [3.05, 3.63) is 11.7 Å². The fourth-order valence-electron chi connectivity index (χ4n) is 2.79. The van der Waals surface area contributed by atoms with Gasteiger partial charge in [0.2, 0.25) is 5.89 Å². The number of nitrogens with two attached hydrogens (primary N) is 1. The minimum absolute atomic E-state index is 0.0884. The van der Waals surface area contributed by atoms with Crippen molar-refractivity contribution in [1.29, 1.82) is 0 Å². The fourth-order valence-corrected chi connectivity index (χ4v) is 2.79. The number of hydrogen-bond acceptors (Lipinski definition) is 4. The summed E-state index contributed by atoms with van der Waals surface area (Å²) in [5.74, 6) is 2.84. The topological polar surface area (TPSA) is 64.9 Å². The third kappa shape index (κ3) is 3.10. The van der Waals surface area contributed by atoms with Gasteiger partial charge in [-0.25, -0.2) is 0 Å². The highest BCUT2D eigenvalue weighted by Gasteiger charge is 2.28. The van der Waals surface area contributed by atoms with Gasteiger partial charge in [-0.2, -0.15) is 4.98 Å². The molecule has 3 unspecified atom stereocenters. The summed E-state index contributed by atoms with van der Waals surface area (Å²) >= 11 is 0. The molecule has 1 saturated carbocycles. The molecule has 1 aromatic rings. The third-order valence-corrected chi connectivity index (χ3v) is 4.13. The molecule has 0 bridgehead atoms. The van der Waals surface area contributed by atoms with E-state index in [4.69, 9.17) is 10.3 Å². The first kappa shape index (κ1) is 13.5. The first-order valence-corrected chi connectivity index (χ1v) is 7.33. The molecule has 0 aliphatic heterocycles. The van der Waals surface area contributed by atoms with E-state index in [1.807, 2.05) is 0 Å². The Kier molecular flexibility index (Phi) is 4.75. The summed E-state index contributed by atoms with van der Waals surface area (Å²) < 4.78 is 5.32. The SMILES string of the molecule is CCCCC(N)c1nc(C2CCC(CC)C2)no1. The van der Waals surface area contributed by atoms with E-state index in [0.29, 0.717) is 11.8 Å². The van der Waals surface area contributed by atoms with E-state index in [1.54, 1.807) is 0 Å². The molecular formula is C14H25N3O. The Bertz CT molecular complexity index is 364. The van der Waals surface area contributed by atoms with Gasteiger partial charge in [-0.15, -0.1) is 0 Å². The van der Waals surface area contributed by atoms with Gasteiger partial charge in [0.1, 0.15) is 0 Å². The minimum atomic E-state index is -0.0884. The molecule has 0 radical (unpaired) electrons. The molecule has 18 heavy (non-hydrogen) atoms. The molecule has 102 valence electrons. The lowest BCUT2D eigenvalue weighted by Gasteiger charge is -2.05. The molecule has 1 fully saturated rings. The van der Waals surface area contributed by atoms with Crippen molar-refractivity contribution in [3.63, 3.8) is 0 Å². The minimum Gasteiger partial charge on any atom is -0.338 e. The Morgan fingerprint density at radius 2 is 2.22 bits per heavy atom. The van der Waals surface area contributed by atoms with Crippen molar-refractivity contribution in [2.75, 3.05) is 0 Å². The van der Waals surface area contributed by atoms with Gasteiger partial charge in [-0.3, -0.25) is 0 Å². The highest BCUT2D eigenvalue weighted by Crippen LogP contribution is 2.38. The molecule has 1 heterocycles. The zero-order valence-electron chi connectivity index (χ0n) is 11.6. The van der Waals surface area contributed by atoms with E-state index in [0.717, 1.165) is 31.0 Å². The standard InChI is InChI=1S/C14H25N3O/c1-3-5-6-12(15)14-16-13(17-18-14)11-8-7-10(4-2)9-11/h10-12H,3-9,15H2,1-2H3. The van der Waals surface area contributed by atoms with E-state index in [9.17, 15) is 0 Å². The summed E-state index contributed by atoms with van der Waals surface area (Å²) in [5, 5.41) is 4.13. The van der Waals surface area contributed by atoms with Gasteiger partial charge in [-0.05, 0) is 31.6 Å². The lowest BCUT2D eigenvalue weighted by atomic mass is 10.0. The van der Waals surface area contributed by atoms with E-state index in [-0.39, 0.29) is 6.04 Å². The van der Waals surface area contributed by atoms with E-state index >= 15 is 0 Å². The van der Waals surface area contributed by atoms with Crippen molar-refractivity contribution in [1.82, 2.24) is 10.1 Å². The largest absolute Gasteiger partial charge is 0.338 e. The van der Waals surface area contributed by atoms with Gasteiger partial charge in [0.05, 0.1) is 6.04 Å². The van der Waals surface area contributed by atoms with Crippen LogP contribution in [0.25, 0.3) is 0 Å². The van der Waals surface area contributed by atoms with E-state index in [2.05, 4.69) is 24.0 Å². The quantitative estimate of drug-likeness (QED) is 0.839. The van der Waals surface area contributed by atoms with Crippen LogP contribution < -0.4 is 5.73 Å². The van der Waals surface area contributed by atoms with Crippen molar-refractivity contribution in [2.45, 2.75) is 70.8 Å². The normalized spacial score (nSPS) is 25.5. The maximum atomic E-state index is 6.05. The summed E-state index contributed by atoms with van der Waals surface area (Å²) in [7, 11) is 0. The molecule has 3 atom stereocenters.